The van der Waals surface area contributed by atoms with Gasteiger partial charge in [-0.2, -0.15) is 11.8 Å². The Morgan fingerprint density at radius 3 is 3.00 bits per heavy atom. The van der Waals surface area contributed by atoms with Gasteiger partial charge in [-0.25, -0.2) is 0 Å². The van der Waals surface area contributed by atoms with Crippen LogP contribution in [-0.2, 0) is 6.54 Å². The largest absolute Gasteiger partial charge is 0.382 e. The zero-order valence-electron chi connectivity index (χ0n) is 11.3. The number of thioether (sulfide) groups is 1. The number of benzene rings is 1. The first kappa shape index (κ1) is 14.1. The molecule has 1 fully saturated rings. The predicted molar refractivity (Wildman–Crippen MR) is 79.8 cm³/mol. The van der Waals surface area contributed by atoms with Gasteiger partial charge in [0.2, 0.25) is 0 Å². The van der Waals surface area contributed by atoms with Crippen molar-refractivity contribution in [2.24, 2.45) is 0 Å². The molecule has 0 amide bonds. The van der Waals surface area contributed by atoms with E-state index in [1.165, 1.54) is 0 Å². The lowest BCUT2D eigenvalue weighted by Crippen LogP contribution is -2.39. The molecule has 6 heteroatoms. The summed E-state index contributed by atoms with van der Waals surface area (Å²) >= 11 is 1.97. The van der Waals surface area contributed by atoms with Crippen LogP contribution in [0.4, 0.5) is 11.4 Å². The summed E-state index contributed by atoms with van der Waals surface area (Å²) in [7, 11) is 1.74. The molecule has 0 radical (unpaired) electrons. The molecule has 0 saturated carbocycles. The number of nitro groups is 1. The molecule has 1 atom stereocenters. The Balaban J connectivity index is 2.24. The molecular weight excluding hydrogens is 262 g/mol. The number of nitrogens with one attached hydrogen (secondary N) is 1. The van der Waals surface area contributed by atoms with E-state index in [2.05, 4.69) is 17.1 Å². The van der Waals surface area contributed by atoms with Gasteiger partial charge in [-0.1, -0.05) is 12.1 Å². The first-order chi connectivity index (χ1) is 9.13. The molecule has 0 aliphatic carbocycles. The number of rotatable bonds is 4. The zero-order valence-corrected chi connectivity index (χ0v) is 12.1. The lowest BCUT2D eigenvalue weighted by atomic mass is 10.1. The molecule has 0 spiro atoms. The molecule has 1 aromatic rings. The van der Waals surface area contributed by atoms with Crippen LogP contribution in [0.25, 0.3) is 0 Å². The summed E-state index contributed by atoms with van der Waals surface area (Å²) in [6.45, 7) is 4.01. The summed E-state index contributed by atoms with van der Waals surface area (Å²) < 4.78 is 0. The molecule has 104 valence electrons. The van der Waals surface area contributed by atoms with Crippen molar-refractivity contribution in [3.05, 3.63) is 33.9 Å². The Labute approximate surface area is 117 Å². The van der Waals surface area contributed by atoms with Crippen LogP contribution in [-0.4, -0.2) is 41.0 Å². The van der Waals surface area contributed by atoms with Crippen molar-refractivity contribution in [2.45, 2.75) is 19.5 Å². The van der Waals surface area contributed by atoms with Gasteiger partial charge in [0.15, 0.2) is 0 Å². The molecule has 0 aromatic heterocycles. The van der Waals surface area contributed by atoms with Crippen molar-refractivity contribution in [1.82, 2.24) is 4.90 Å². The van der Waals surface area contributed by atoms with Crippen LogP contribution in [0.5, 0.6) is 0 Å². The van der Waals surface area contributed by atoms with Crippen molar-refractivity contribution in [1.29, 1.82) is 0 Å². The van der Waals surface area contributed by atoms with E-state index in [1.807, 2.05) is 17.8 Å². The highest BCUT2D eigenvalue weighted by Crippen LogP contribution is 2.30. The van der Waals surface area contributed by atoms with E-state index in [9.17, 15) is 10.1 Å². The molecule has 1 N–H and O–H groups in total. The maximum absolute atomic E-state index is 11.0. The SMILES string of the molecule is CNc1c(CN2CCSCC2C)cccc1[N+](=O)[O-]. The summed E-state index contributed by atoms with van der Waals surface area (Å²) in [5.41, 5.74) is 1.78. The topological polar surface area (TPSA) is 58.4 Å². The molecule has 19 heavy (non-hydrogen) atoms. The Morgan fingerprint density at radius 2 is 2.37 bits per heavy atom. The van der Waals surface area contributed by atoms with Crippen LogP contribution in [0.15, 0.2) is 18.2 Å². The smallest absolute Gasteiger partial charge is 0.292 e. The van der Waals surface area contributed by atoms with E-state index >= 15 is 0 Å². The van der Waals surface area contributed by atoms with Gasteiger partial charge in [0, 0.05) is 43.8 Å². The van der Waals surface area contributed by atoms with E-state index in [4.69, 9.17) is 0 Å². The third-order valence-electron chi connectivity index (χ3n) is 3.45. The average molecular weight is 281 g/mol. The molecular formula is C13H19N3O2S. The minimum absolute atomic E-state index is 0.152. The lowest BCUT2D eigenvalue weighted by Gasteiger charge is -2.33. The Bertz CT molecular complexity index is 467. The fraction of sp³-hybridized carbons (Fsp3) is 0.538. The lowest BCUT2D eigenvalue weighted by molar-refractivity contribution is -0.384. The van der Waals surface area contributed by atoms with Crippen LogP contribution in [0.1, 0.15) is 12.5 Å². The van der Waals surface area contributed by atoms with Crippen LogP contribution >= 0.6 is 11.8 Å². The van der Waals surface area contributed by atoms with Gasteiger partial charge in [-0.05, 0) is 12.5 Å². The number of nitro benzene ring substituents is 1. The van der Waals surface area contributed by atoms with Crippen molar-refractivity contribution >= 4 is 23.1 Å². The first-order valence-corrected chi connectivity index (χ1v) is 7.54. The van der Waals surface area contributed by atoms with Crippen molar-refractivity contribution in [2.75, 3.05) is 30.4 Å². The highest BCUT2D eigenvalue weighted by atomic mass is 32.2. The summed E-state index contributed by atoms with van der Waals surface area (Å²) in [4.78, 5) is 13.1. The van der Waals surface area contributed by atoms with Gasteiger partial charge in [-0.15, -0.1) is 0 Å². The second-order valence-corrected chi connectivity index (χ2v) is 5.86. The molecule has 2 rings (SSSR count). The Hall–Kier alpha value is -1.27. The minimum atomic E-state index is -0.329. The highest BCUT2D eigenvalue weighted by molar-refractivity contribution is 7.99. The molecule has 1 aliphatic rings. The second-order valence-electron chi connectivity index (χ2n) is 4.71. The maximum Gasteiger partial charge on any atom is 0.292 e. The molecule has 1 unspecified atom stereocenters. The van der Waals surface area contributed by atoms with Crippen LogP contribution < -0.4 is 5.32 Å². The summed E-state index contributed by atoms with van der Waals surface area (Å²) in [5.74, 6) is 2.26. The summed E-state index contributed by atoms with van der Waals surface area (Å²) in [6, 6.07) is 5.79. The summed E-state index contributed by atoms with van der Waals surface area (Å²) in [6.07, 6.45) is 0. The van der Waals surface area contributed by atoms with Gasteiger partial charge in [-0.3, -0.25) is 15.0 Å². The quantitative estimate of drug-likeness (QED) is 0.679. The van der Waals surface area contributed by atoms with Crippen molar-refractivity contribution < 1.29 is 4.92 Å². The fourth-order valence-electron chi connectivity index (χ4n) is 2.37. The standard InChI is InChI=1S/C13H19N3O2S/c1-10-9-19-7-6-15(10)8-11-4-3-5-12(16(17)18)13(11)14-2/h3-5,10,14H,6-9H2,1-2H3. The van der Waals surface area contributed by atoms with Gasteiger partial charge in [0.05, 0.1) is 4.92 Å². The number of para-hydroxylation sites is 1. The van der Waals surface area contributed by atoms with E-state index in [0.29, 0.717) is 11.7 Å². The Kier molecular flexibility index (Phi) is 4.66. The van der Waals surface area contributed by atoms with Crippen LogP contribution in [0.3, 0.4) is 0 Å². The molecule has 1 aliphatic heterocycles. The maximum atomic E-state index is 11.0. The number of nitrogens with zero attached hydrogens (tertiary/aromatic N) is 2. The van der Waals surface area contributed by atoms with Gasteiger partial charge >= 0.3 is 0 Å². The van der Waals surface area contributed by atoms with Gasteiger partial charge < -0.3 is 5.32 Å². The zero-order chi connectivity index (χ0) is 13.8. The fourth-order valence-corrected chi connectivity index (χ4v) is 3.46. The van der Waals surface area contributed by atoms with E-state index in [0.717, 1.165) is 30.2 Å². The van der Waals surface area contributed by atoms with Crippen LogP contribution in [0, 0.1) is 10.1 Å². The van der Waals surface area contributed by atoms with E-state index in [1.54, 1.807) is 19.2 Å². The highest BCUT2D eigenvalue weighted by Gasteiger charge is 2.22. The molecule has 5 nitrogen and oxygen atoms in total. The number of hydrogen-bond acceptors (Lipinski definition) is 5. The van der Waals surface area contributed by atoms with Gasteiger partial charge in [0.1, 0.15) is 5.69 Å². The number of hydrogen-bond donors (Lipinski definition) is 1. The Morgan fingerprint density at radius 1 is 1.58 bits per heavy atom. The molecule has 1 saturated heterocycles. The molecule has 1 heterocycles. The monoisotopic (exact) mass is 281 g/mol. The minimum Gasteiger partial charge on any atom is -0.382 e. The number of anilines is 1. The van der Waals surface area contributed by atoms with Crippen molar-refractivity contribution in [3.63, 3.8) is 0 Å². The van der Waals surface area contributed by atoms with Gasteiger partial charge in [0.25, 0.3) is 5.69 Å². The molecule has 0 bridgehead atoms. The third kappa shape index (κ3) is 3.19. The van der Waals surface area contributed by atoms with Crippen molar-refractivity contribution in [3.8, 4) is 0 Å². The summed E-state index contributed by atoms with van der Waals surface area (Å²) in [5, 5.41) is 14.0. The third-order valence-corrected chi connectivity index (χ3v) is 4.64. The van der Waals surface area contributed by atoms with Crippen LogP contribution in [0.2, 0.25) is 0 Å². The average Bonchev–Trinajstić information content (AvgIpc) is 2.41. The predicted octanol–water partition coefficient (Wildman–Crippen LogP) is 2.57. The normalized spacial score (nSPS) is 20.2. The molecule has 1 aromatic carbocycles. The van der Waals surface area contributed by atoms with E-state index < -0.39 is 0 Å². The second kappa shape index (κ2) is 6.25. The van der Waals surface area contributed by atoms with E-state index in [-0.39, 0.29) is 10.6 Å². The first-order valence-electron chi connectivity index (χ1n) is 6.39.